The van der Waals surface area contributed by atoms with E-state index >= 15 is 0 Å². The van der Waals surface area contributed by atoms with Crippen molar-refractivity contribution in [3.05, 3.63) is 0 Å². The van der Waals surface area contributed by atoms with Gasteiger partial charge in [-0.1, -0.05) is 20.8 Å². The molecule has 1 saturated heterocycles. The second kappa shape index (κ2) is 9.06. The Kier molecular flexibility index (Phi) is 9.07. The largest absolute Gasteiger partial charge is 0.391 e. The van der Waals surface area contributed by atoms with Gasteiger partial charge in [-0.25, -0.2) is 0 Å². The molecule has 0 aromatic rings. The maximum Gasteiger partial charge on any atom is 0.221 e. The zero-order valence-corrected chi connectivity index (χ0v) is 13.7. The van der Waals surface area contributed by atoms with Crippen molar-refractivity contribution in [2.24, 2.45) is 5.41 Å². The number of nitrogens with one attached hydrogen (secondary N) is 2. The molecule has 1 rings (SSSR count). The Morgan fingerprint density at radius 3 is 2.74 bits per heavy atom. The van der Waals surface area contributed by atoms with Crippen molar-refractivity contribution < 1.29 is 9.90 Å². The highest BCUT2D eigenvalue weighted by molar-refractivity contribution is 7.99. The third-order valence-electron chi connectivity index (χ3n) is 2.81. The van der Waals surface area contributed by atoms with E-state index in [1.165, 1.54) is 0 Å². The Hall–Kier alpha value is 0.0300. The molecule has 0 bridgehead atoms. The van der Waals surface area contributed by atoms with Crippen LogP contribution in [-0.4, -0.2) is 47.8 Å². The van der Waals surface area contributed by atoms with E-state index in [1.54, 1.807) is 0 Å². The van der Waals surface area contributed by atoms with E-state index in [1.807, 2.05) is 11.8 Å². The number of carbonyl (C=O) groups excluding carboxylic acids is 1. The molecule has 1 amide bonds. The van der Waals surface area contributed by atoms with Gasteiger partial charge < -0.3 is 15.7 Å². The van der Waals surface area contributed by atoms with E-state index in [-0.39, 0.29) is 29.8 Å². The van der Waals surface area contributed by atoms with Gasteiger partial charge in [-0.3, -0.25) is 4.79 Å². The van der Waals surface area contributed by atoms with Crippen molar-refractivity contribution in [1.82, 2.24) is 10.6 Å². The lowest BCUT2D eigenvalue weighted by molar-refractivity contribution is -0.122. The Morgan fingerprint density at radius 1 is 1.53 bits per heavy atom. The topological polar surface area (TPSA) is 61.4 Å². The van der Waals surface area contributed by atoms with E-state index in [2.05, 4.69) is 31.4 Å². The smallest absolute Gasteiger partial charge is 0.221 e. The molecule has 0 radical (unpaired) electrons. The SMILES string of the molecule is CC(C)(C)CC(O)CNC(=O)CC1CSCCN1.Cl. The van der Waals surface area contributed by atoms with Crippen LogP contribution in [0.1, 0.15) is 33.6 Å². The Bertz CT molecular complexity index is 266. The molecule has 3 N–H and O–H groups in total. The molecule has 0 aromatic heterocycles. The monoisotopic (exact) mass is 310 g/mol. The molecular weight excluding hydrogens is 284 g/mol. The zero-order valence-electron chi connectivity index (χ0n) is 12.1. The number of hydrogen-bond acceptors (Lipinski definition) is 4. The fraction of sp³-hybridized carbons (Fsp3) is 0.923. The van der Waals surface area contributed by atoms with Gasteiger partial charge in [0.2, 0.25) is 5.91 Å². The summed E-state index contributed by atoms with van der Waals surface area (Å²) >= 11 is 1.89. The van der Waals surface area contributed by atoms with E-state index in [9.17, 15) is 9.90 Å². The molecule has 0 spiro atoms. The summed E-state index contributed by atoms with van der Waals surface area (Å²) in [6, 6.07) is 0.281. The van der Waals surface area contributed by atoms with Gasteiger partial charge in [0.1, 0.15) is 0 Å². The highest BCUT2D eigenvalue weighted by Gasteiger charge is 2.19. The van der Waals surface area contributed by atoms with Crippen LogP contribution in [0.5, 0.6) is 0 Å². The Balaban J connectivity index is 0.00000324. The molecule has 1 aliphatic heterocycles. The van der Waals surface area contributed by atoms with Crippen LogP contribution in [0.3, 0.4) is 0 Å². The number of amides is 1. The molecule has 1 heterocycles. The van der Waals surface area contributed by atoms with E-state index < -0.39 is 6.10 Å². The van der Waals surface area contributed by atoms with E-state index in [0.29, 0.717) is 19.4 Å². The van der Waals surface area contributed by atoms with Crippen molar-refractivity contribution in [3.8, 4) is 0 Å². The molecule has 0 saturated carbocycles. The van der Waals surface area contributed by atoms with Gasteiger partial charge in [0.05, 0.1) is 6.10 Å². The molecule has 1 aliphatic rings. The van der Waals surface area contributed by atoms with Crippen molar-refractivity contribution >= 4 is 30.1 Å². The summed E-state index contributed by atoms with van der Waals surface area (Å²) in [6.45, 7) is 7.59. The summed E-state index contributed by atoms with van der Waals surface area (Å²) in [5.41, 5.74) is 0.0890. The molecule has 6 heteroatoms. The predicted octanol–water partition coefficient (Wildman–Crippen LogP) is 1.42. The van der Waals surface area contributed by atoms with Gasteiger partial charge in [-0.05, 0) is 11.8 Å². The van der Waals surface area contributed by atoms with Crippen LogP contribution < -0.4 is 10.6 Å². The predicted molar refractivity (Wildman–Crippen MR) is 84.1 cm³/mol. The third-order valence-corrected chi connectivity index (χ3v) is 3.94. The minimum Gasteiger partial charge on any atom is -0.391 e. The second-order valence-electron chi connectivity index (χ2n) is 6.15. The second-order valence-corrected chi connectivity index (χ2v) is 7.30. The normalized spacial score (nSPS) is 21.4. The van der Waals surface area contributed by atoms with Gasteiger partial charge in [0.25, 0.3) is 0 Å². The quantitative estimate of drug-likeness (QED) is 0.719. The van der Waals surface area contributed by atoms with Gasteiger partial charge in [0.15, 0.2) is 0 Å². The maximum atomic E-state index is 11.7. The van der Waals surface area contributed by atoms with Crippen LogP contribution in [0.25, 0.3) is 0 Å². The van der Waals surface area contributed by atoms with Crippen molar-refractivity contribution in [3.63, 3.8) is 0 Å². The fourth-order valence-corrected chi connectivity index (χ4v) is 3.01. The van der Waals surface area contributed by atoms with Gasteiger partial charge in [-0.2, -0.15) is 11.8 Å². The van der Waals surface area contributed by atoms with Gasteiger partial charge >= 0.3 is 0 Å². The van der Waals surface area contributed by atoms with Crippen LogP contribution in [0, 0.1) is 5.41 Å². The van der Waals surface area contributed by atoms with Crippen molar-refractivity contribution in [2.75, 3.05) is 24.6 Å². The highest BCUT2D eigenvalue weighted by Crippen LogP contribution is 2.20. The number of halogens is 1. The van der Waals surface area contributed by atoms with Crippen molar-refractivity contribution in [1.29, 1.82) is 0 Å². The number of carbonyl (C=O) groups is 1. The van der Waals surface area contributed by atoms with Gasteiger partial charge in [-0.15, -0.1) is 12.4 Å². The highest BCUT2D eigenvalue weighted by atomic mass is 35.5. The standard InChI is InChI=1S/C13H26N2O2S.ClH/c1-13(2,3)7-11(16)8-15-12(17)6-10-9-18-5-4-14-10;/h10-11,14,16H,4-9H2,1-3H3,(H,15,17);1H. The molecule has 2 atom stereocenters. The number of thioether (sulfide) groups is 1. The lowest BCUT2D eigenvalue weighted by Crippen LogP contribution is -2.42. The first-order chi connectivity index (χ1) is 8.37. The molecule has 19 heavy (non-hydrogen) atoms. The van der Waals surface area contributed by atoms with Crippen LogP contribution in [0.2, 0.25) is 0 Å². The molecule has 1 fully saturated rings. The van der Waals surface area contributed by atoms with Crippen molar-refractivity contribution in [2.45, 2.75) is 45.8 Å². The Labute approximate surface area is 126 Å². The number of aliphatic hydroxyl groups is 1. The number of rotatable bonds is 5. The lowest BCUT2D eigenvalue weighted by atomic mass is 9.89. The summed E-state index contributed by atoms with van der Waals surface area (Å²) in [6.07, 6.45) is 0.752. The zero-order chi connectivity index (χ0) is 13.6. The summed E-state index contributed by atoms with van der Waals surface area (Å²) < 4.78 is 0. The van der Waals surface area contributed by atoms with E-state index in [0.717, 1.165) is 18.1 Å². The van der Waals surface area contributed by atoms with E-state index in [4.69, 9.17) is 0 Å². The van der Waals surface area contributed by atoms with Gasteiger partial charge in [0, 0.05) is 37.1 Å². The van der Waals surface area contributed by atoms with Crippen LogP contribution in [0.15, 0.2) is 0 Å². The summed E-state index contributed by atoms with van der Waals surface area (Å²) in [7, 11) is 0. The maximum absolute atomic E-state index is 11.7. The average molecular weight is 311 g/mol. The first-order valence-corrected chi connectivity index (χ1v) is 7.78. The molecule has 0 aromatic carbocycles. The minimum absolute atomic E-state index is 0. The summed E-state index contributed by atoms with van der Waals surface area (Å²) in [5, 5.41) is 16.0. The molecule has 4 nitrogen and oxygen atoms in total. The molecule has 114 valence electrons. The molecule has 0 aliphatic carbocycles. The first-order valence-electron chi connectivity index (χ1n) is 6.63. The number of aliphatic hydroxyl groups excluding tert-OH is 1. The lowest BCUT2D eigenvalue weighted by Gasteiger charge is -2.24. The summed E-state index contributed by atoms with van der Waals surface area (Å²) in [5.74, 6) is 2.16. The summed E-state index contributed by atoms with van der Waals surface area (Å²) in [4.78, 5) is 11.7. The Morgan fingerprint density at radius 2 is 2.21 bits per heavy atom. The molecular formula is C13H27ClN2O2S. The third kappa shape index (κ3) is 9.55. The first kappa shape index (κ1) is 19.0. The minimum atomic E-state index is -0.456. The van der Waals surface area contributed by atoms with Crippen LogP contribution >= 0.6 is 24.2 Å². The fourth-order valence-electron chi connectivity index (χ4n) is 2.06. The molecule has 2 unspecified atom stereocenters. The van der Waals surface area contributed by atoms with Crippen LogP contribution in [-0.2, 0) is 4.79 Å². The van der Waals surface area contributed by atoms with Crippen LogP contribution in [0.4, 0.5) is 0 Å². The number of hydrogen-bond donors (Lipinski definition) is 3. The average Bonchev–Trinajstić information content (AvgIpc) is 2.25.